The summed E-state index contributed by atoms with van der Waals surface area (Å²) in [6, 6.07) is 5.77. The number of rotatable bonds is 7. The number of nitrogens with one attached hydrogen (secondary N) is 1. The summed E-state index contributed by atoms with van der Waals surface area (Å²) in [6.07, 6.45) is 4.99. The van der Waals surface area contributed by atoms with E-state index in [0.717, 1.165) is 23.7 Å². The van der Waals surface area contributed by atoms with Crippen molar-refractivity contribution in [1.82, 2.24) is 15.5 Å². The van der Waals surface area contributed by atoms with Crippen LogP contribution in [0.25, 0.3) is 0 Å². The number of hydrogen-bond donors (Lipinski definition) is 1. The van der Waals surface area contributed by atoms with Crippen molar-refractivity contribution in [2.45, 2.75) is 50.5 Å². The number of aryl methyl sites for hydroxylation is 1. The summed E-state index contributed by atoms with van der Waals surface area (Å²) in [5, 5.41) is 12.1. The summed E-state index contributed by atoms with van der Waals surface area (Å²) in [5.41, 5.74) is 0.939. The zero-order valence-corrected chi connectivity index (χ0v) is 16.7. The van der Waals surface area contributed by atoms with Crippen LogP contribution in [-0.2, 0) is 11.4 Å². The molecule has 1 N–H and O–H groups in total. The van der Waals surface area contributed by atoms with Gasteiger partial charge >= 0.3 is 0 Å². The Morgan fingerprint density at radius 2 is 2.26 bits per heavy atom. The molecule has 1 amide bonds. The van der Waals surface area contributed by atoms with Crippen LogP contribution in [0, 0.1) is 18.8 Å². The maximum Gasteiger partial charge on any atom is 0.277 e. The van der Waals surface area contributed by atoms with Gasteiger partial charge in [-0.25, -0.2) is 0 Å². The lowest BCUT2D eigenvalue weighted by atomic mass is 9.95. The van der Waals surface area contributed by atoms with E-state index in [1.807, 2.05) is 19.1 Å². The molecule has 3 atom stereocenters. The lowest BCUT2D eigenvalue weighted by Gasteiger charge is -2.22. The van der Waals surface area contributed by atoms with E-state index in [0.29, 0.717) is 28.1 Å². The van der Waals surface area contributed by atoms with Crippen LogP contribution in [-0.4, -0.2) is 27.9 Å². The third kappa shape index (κ3) is 4.58. The van der Waals surface area contributed by atoms with Crippen molar-refractivity contribution in [1.29, 1.82) is 0 Å². The van der Waals surface area contributed by atoms with E-state index < -0.39 is 0 Å². The molecule has 0 saturated heterocycles. The van der Waals surface area contributed by atoms with Gasteiger partial charge in [-0.3, -0.25) is 4.79 Å². The first-order chi connectivity index (χ1) is 13.1. The number of benzene rings is 1. The van der Waals surface area contributed by atoms with E-state index >= 15 is 0 Å². The highest BCUT2D eigenvalue weighted by Crippen LogP contribution is 2.44. The fourth-order valence-corrected chi connectivity index (χ4v) is 4.88. The molecule has 1 heterocycles. The minimum absolute atomic E-state index is 0.0327. The third-order valence-corrected chi connectivity index (χ3v) is 6.40. The molecule has 0 spiro atoms. The molecule has 8 heteroatoms. The van der Waals surface area contributed by atoms with Gasteiger partial charge < -0.3 is 14.5 Å². The first kappa shape index (κ1) is 18.6. The van der Waals surface area contributed by atoms with Crippen molar-refractivity contribution >= 4 is 29.3 Å². The Bertz CT molecular complexity index is 828. The normalized spacial score (nSPS) is 23.6. The molecule has 27 heavy (non-hydrogen) atoms. The van der Waals surface area contributed by atoms with Crippen molar-refractivity contribution in [3.63, 3.8) is 0 Å². The molecule has 0 aliphatic heterocycles. The van der Waals surface area contributed by atoms with Crippen LogP contribution in [0.5, 0.6) is 5.75 Å². The van der Waals surface area contributed by atoms with Gasteiger partial charge in [0, 0.05) is 11.1 Å². The molecule has 4 rings (SSSR count). The number of amides is 1. The van der Waals surface area contributed by atoms with Crippen LogP contribution in [0.1, 0.15) is 37.1 Å². The third-order valence-electron chi connectivity index (χ3n) is 5.35. The number of carbonyl (C=O) groups is 1. The van der Waals surface area contributed by atoms with E-state index in [1.165, 1.54) is 31.0 Å². The van der Waals surface area contributed by atoms with Gasteiger partial charge in [0.25, 0.3) is 11.1 Å². The van der Waals surface area contributed by atoms with Crippen LogP contribution in [0.4, 0.5) is 0 Å². The van der Waals surface area contributed by atoms with Gasteiger partial charge in [0.2, 0.25) is 5.91 Å². The summed E-state index contributed by atoms with van der Waals surface area (Å²) in [7, 11) is 0. The van der Waals surface area contributed by atoms with Gasteiger partial charge in [0.1, 0.15) is 5.75 Å². The van der Waals surface area contributed by atoms with E-state index in [2.05, 4.69) is 15.5 Å². The number of thioether (sulfide) groups is 1. The minimum Gasteiger partial charge on any atom is -0.484 e. The molecular weight excluding hydrogens is 386 g/mol. The van der Waals surface area contributed by atoms with Gasteiger partial charge in [-0.1, -0.05) is 29.8 Å². The van der Waals surface area contributed by atoms with E-state index in [4.69, 9.17) is 20.8 Å². The smallest absolute Gasteiger partial charge is 0.277 e. The molecule has 2 saturated carbocycles. The molecular formula is C19H22ClN3O3S. The fourth-order valence-electron chi connectivity index (χ4n) is 4.07. The monoisotopic (exact) mass is 407 g/mol. The second-order valence-corrected chi connectivity index (χ2v) is 8.66. The molecule has 144 valence electrons. The standard InChI is InChI=1S/C19H22ClN3O3S/c1-11-6-14(20)4-5-16(11)25-9-18-22-23-19(26-18)27-10-17(24)21-15-8-12-2-3-13(15)7-12/h4-6,12-13,15H,2-3,7-10H2,1H3,(H,21,24)/t12-,13+,15+/m0/s1. The molecule has 2 bridgehead atoms. The second kappa shape index (κ2) is 8.10. The molecule has 2 aliphatic rings. The average molecular weight is 408 g/mol. The zero-order chi connectivity index (χ0) is 18.8. The first-order valence-electron chi connectivity index (χ1n) is 9.20. The first-order valence-corrected chi connectivity index (χ1v) is 10.6. The van der Waals surface area contributed by atoms with Crippen LogP contribution >= 0.6 is 23.4 Å². The van der Waals surface area contributed by atoms with Gasteiger partial charge in [-0.15, -0.1) is 10.2 Å². The van der Waals surface area contributed by atoms with Crippen molar-refractivity contribution in [2.75, 3.05) is 5.75 Å². The highest BCUT2D eigenvalue weighted by atomic mass is 35.5. The fraction of sp³-hybridized carbons (Fsp3) is 0.526. The maximum absolute atomic E-state index is 12.2. The molecule has 2 aliphatic carbocycles. The number of carbonyl (C=O) groups excluding carboxylic acids is 1. The lowest BCUT2D eigenvalue weighted by Crippen LogP contribution is -2.39. The molecule has 6 nitrogen and oxygen atoms in total. The average Bonchev–Trinajstić information content (AvgIpc) is 3.36. The van der Waals surface area contributed by atoms with Gasteiger partial charge in [0.15, 0.2) is 6.61 Å². The van der Waals surface area contributed by atoms with E-state index in [-0.39, 0.29) is 18.3 Å². The highest BCUT2D eigenvalue weighted by Gasteiger charge is 2.40. The Hall–Kier alpha value is -1.73. The Kier molecular flexibility index (Phi) is 5.59. The SMILES string of the molecule is Cc1cc(Cl)ccc1OCc1nnc(SCC(=O)N[C@@H]2C[C@H]3CC[C@@H]2C3)o1. The number of ether oxygens (including phenoxy) is 1. The Morgan fingerprint density at radius 1 is 1.37 bits per heavy atom. The Balaban J connectivity index is 1.22. The number of nitrogens with zero attached hydrogens (tertiary/aromatic N) is 2. The summed E-state index contributed by atoms with van der Waals surface area (Å²) in [6.45, 7) is 2.10. The molecule has 1 aromatic carbocycles. The quantitative estimate of drug-likeness (QED) is 0.699. The highest BCUT2D eigenvalue weighted by molar-refractivity contribution is 7.99. The number of aromatic nitrogens is 2. The predicted molar refractivity (Wildman–Crippen MR) is 103 cm³/mol. The molecule has 2 fully saturated rings. The van der Waals surface area contributed by atoms with E-state index in [9.17, 15) is 4.79 Å². The molecule has 2 aromatic rings. The lowest BCUT2D eigenvalue weighted by molar-refractivity contribution is -0.119. The van der Waals surface area contributed by atoms with Gasteiger partial charge in [-0.05, 0) is 61.8 Å². The summed E-state index contributed by atoms with van der Waals surface area (Å²) >= 11 is 7.19. The second-order valence-electron chi connectivity index (χ2n) is 7.30. The van der Waals surface area contributed by atoms with Crippen molar-refractivity contribution in [3.8, 4) is 5.75 Å². The number of hydrogen-bond acceptors (Lipinski definition) is 6. The van der Waals surface area contributed by atoms with Crippen molar-refractivity contribution in [3.05, 3.63) is 34.7 Å². The van der Waals surface area contributed by atoms with E-state index in [1.54, 1.807) is 6.07 Å². The summed E-state index contributed by atoms with van der Waals surface area (Å²) in [4.78, 5) is 12.2. The molecule has 0 radical (unpaired) electrons. The van der Waals surface area contributed by atoms with Crippen LogP contribution in [0.3, 0.4) is 0 Å². The number of halogens is 1. The molecule has 0 unspecified atom stereocenters. The van der Waals surface area contributed by atoms with Crippen molar-refractivity contribution in [2.24, 2.45) is 11.8 Å². The van der Waals surface area contributed by atoms with Crippen molar-refractivity contribution < 1.29 is 13.9 Å². The maximum atomic E-state index is 12.2. The van der Waals surface area contributed by atoms with Gasteiger partial charge in [-0.2, -0.15) is 0 Å². The van der Waals surface area contributed by atoms with Gasteiger partial charge in [0.05, 0.1) is 5.75 Å². The Morgan fingerprint density at radius 3 is 3.00 bits per heavy atom. The topological polar surface area (TPSA) is 77.2 Å². The minimum atomic E-state index is 0.0327. The number of fused-ring (bicyclic) bond motifs is 2. The predicted octanol–water partition coefficient (Wildman–Crippen LogP) is 4.01. The summed E-state index contributed by atoms with van der Waals surface area (Å²) < 4.78 is 11.2. The largest absolute Gasteiger partial charge is 0.484 e. The molecule has 1 aromatic heterocycles. The van der Waals surface area contributed by atoms with Crippen LogP contribution in [0.2, 0.25) is 5.02 Å². The summed E-state index contributed by atoms with van der Waals surface area (Å²) in [5.74, 6) is 2.90. The Labute approximate surface area is 167 Å². The zero-order valence-electron chi connectivity index (χ0n) is 15.1. The van der Waals surface area contributed by atoms with Crippen LogP contribution in [0.15, 0.2) is 27.8 Å². The van der Waals surface area contributed by atoms with Crippen LogP contribution < -0.4 is 10.1 Å².